The highest BCUT2D eigenvalue weighted by Crippen LogP contribution is 2.50. The Kier molecular flexibility index (Phi) is 6.28. The maximum Gasteiger partial charge on any atom is 0.407 e. The zero-order valence-corrected chi connectivity index (χ0v) is 14.9. The zero-order chi connectivity index (χ0) is 16.9. The summed E-state index contributed by atoms with van der Waals surface area (Å²) in [6, 6.07) is 0.448. The maximum atomic E-state index is 11.6. The van der Waals surface area contributed by atoms with E-state index in [-0.39, 0.29) is 11.5 Å². The number of ether oxygens (including phenoxy) is 3. The average molecular weight is 328 g/mol. The Morgan fingerprint density at radius 2 is 1.96 bits per heavy atom. The molecule has 1 saturated carbocycles. The first kappa shape index (κ1) is 18.5. The third-order valence-corrected chi connectivity index (χ3v) is 4.76. The summed E-state index contributed by atoms with van der Waals surface area (Å²) >= 11 is 0. The summed E-state index contributed by atoms with van der Waals surface area (Å²) in [5.74, 6) is 0. The minimum Gasteiger partial charge on any atom is -0.444 e. The Bertz CT molecular complexity index is 389. The highest BCUT2D eigenvalue weighted by molar-refractivity contribution is 5.67. The van der Waals surface area contributed by atoms with E-state index in [0.29, 0.717) is 18.7 Å². The second-order valence-electron chi connectivity index (χ2n) is 7.46. The lowest BCUT2D eigenvalue weighted by Crippen LogP contribution is -2.66. The molecule has 1 heterocycles. The van der Waals surface area contributed by atoms with E-state index < -0.39 is 5.60 Å². The highest BCUT2D eigenvalue weighted by atomic mass is 16.6. The van der Waals surface area contributed by atoms with Gasteiger partial charge in [-0.3, -0.25) is 0 Å². The highest BCUT2D eigenvalue weighted by Gasteiger charge is 2.55. The number of nitrogens with one attached hydrogen (secondary N) is 2. The van der Waals surface area contributed by atoms with Crippen molar-refractivity contribution in [2.45, 2.75) is 64.7 Å². The van der Waals surface area contributed by atoms with Crippen LogP contribution >= 0.6 is 0 Å². The van der Waals surface area contributed by atoms with Gasteiger partial charge >= 0.3 is 6.09 Å². The van der Waals surface area contributed by atoms with Crippen LogP contribution in [0.5, 0.6) is 0 Å². The molecular formula is C17H32N2O4. The monoisotopic (exact) mass is 328 g/mol. The minimum atomic E-state index is -0.456. The molecular weight excluding hydrogens is 296 g/mol. The molecule has 6 nitrogen and oxygen atoms in total. The smallest absolute Gasteiger partial charge is 0.407 e. The molecule has 1 aliphatic carbocycles. The fourth-order valence-electron chi connectivity index (χ4n) is 3.62. The van der Waals surface area contributed by atoms with E-state index in [1.54, 1.807) is 0 Å². The molecule has 2 rings (SSSR count). The van der Waals surface area contributed by atoms with Crippen LogP contribution in [0, 0.1) is 5.41 Å². The lowest BCUT2D eigenvalue weighted by Gasteiger charge is -2.57. The second kappa shape index (κ2) is 7.81. The fourth-order valence-corrected chi connectivity index (χ4v) is 3.62. The predicted octanol–water partition coefficient (Wildman–Crippen LogP) is 2.07. The molecule has 2 aliphatic rings. The summed E-state index contributed by atoms with van der Waals surface area (Å²) in [6.45, 7) is 11.4. The molecule has 2 unspecified atom stereocenters. The van der Waals surface area contributed by atoms with Crippen molar-refractivity contribution >= 4 is 6.09 Å². The van der Waals surface area contributed by atoms with E-state index in [2.05, 4.69) is 17.6 Å². The van der Waals surface area contributed by atoms with Crippen molar-refractivity contribution in [3.05, 3.63) is 0 Å². The Balaban J connectivity index is 1.72. The molecule has 0 bridgehead atoms. The first-order valence-electron chi connectivity index (χ1n) is 8.77. The second-order valence-corrected chi connectivity index (χ2v) is 7.46. The number of carbonyl (C=O) groups excluding carboxylic acids is 1. The van der Waals surface area contributed by atoms with Crippen LogP contribution in [0.1, 0.15) is 47.0 Å². The van der Waals surface area contributed by atoms with Crippen LogP contribution in [0.2, 0.25) is 0 Å². The molecule has 1 saturated heterocycles. The predicted molar refractivity (Wildman–Crippen MR) is 88.5 cm³/mol. The van der Waals surface area contributed by atoms with Gasteiger partial charge in [0.05, 0.1) is 6.10 Å². The van der Waals surface area contributed by atoms with E-state index >= 15 is 0 Å². The average Bonchev–Trinajstić information content (AvgIpc) is 2.48. The maximum absolute atomic E-state index is 11.6. The van der Waals surface area contributed by atoms with Crippen molar-refractivity contribution in [3.8, 4) is 0 Å². The van der Waals surface area contributed by atoms with E-state index in [4.69, 9.17) is 14.2 Å². The van der Waals surface area contributed by atoms with Gasteiger partial charge in [-0.25, -0.2) is 4.79 Å². The molecule has 134 valence electrons. The van der Waals surface area contributed by atoms with Crippen molar-refractivity contribution in [3.63, 3.8) is 0 Å². The van der Waals surface area contributed by atoms with Crippen LogP contribution in [0.25, 0.3) is 0 Å². The van der Waals surface area contributed by atoms with Gasteiger partial charge in [-0.2, -0.15) is 0 Å². The number of rotatable bonds is 6. The van der Waals surface area contributed by atoms with Crippen LogP contribution in [-0.4, -0.2) is 56.8 Å². The third kappa shape index (κ3) is 4.81. The molecule has 0 aromatic heterocycles. The molecule has 2 N–H and O–H groups in total. The summed E-state index contributed by atoms with van der Waals surface area (Å²) in [7, 11) is 0. The minimum absolute atomic E-state index is 0.209. The van der Waals surface area contributed by atoms with Crippen molar-refractivity contribution in [1.82, 2.24) is 10.6 Å². The normalized spacial score (nSPS) is 26.6. The zero-order valence-electron chi connectivity index (χ0n) is 14.9. The van der Waals surface area contributed by atoms with E-state index in [0.717, 1.165) is 45.6 Å². The van der Waals surface area contributed by atoms with Gasteiger partial charge < -0.3 is 24.8 Å². The Morgan fingerprint density at radius 1 is 1.26 bits per heavy atom. The van der Waals surface area contributed by atoms with Crippen molar-refractivity contribution in [1.29, 1.82) is 0 Å². The third-order valence-electron chi connectivity index (χ3n) is 4.76. The molecule has 1 amide bonds. The van der Waals surface area contributed by atoms with Crippen molar-refractivity contribution < 1.29 is 19.0 Å². The first-order chi connectivity index (χ1) is 10.9. The van der Waals surface area contributed by atoms with Gasteiger partial charge in [0.15, 0.2) is 0 Å². The number of amides is 1. The lowest BCUT2D eigenvalue weighted by molar-refractivity contribution is -0.172. The molecule has 23 heavy (non-hydrogen) atoms. The van der Waals surface area contributed by atoms with Gasteiger partial charge in [-0.05, 0) is 47.0 Å². The molecule has 2 fully saturated rings. The molecule has 0 aromatic carbocycles. The van der Waals surface area contributed by atoms with E-state index in [1.807, 2.05) is 20.8 Å². The lowest BCUT2D eigenvalue weighted by atomic mass is 9.57. The summed E-state index contributed by atoms with van der Waals surface area (Å²) in [5.41, 5.74) is -0.247. The molecule has 1 spiro atoms. The number of alkyl carbamates (subject to hydrolysis) is 1. The molecule has 2 atom stereocenters. The Labute approximate surface area is 139 Å². The van der Waals surface area contributed by atoms with Gasteiger partial charge in [-0.15, -0.1) is 0 Å². The summed E-state index contributed by atoms with van der Waals surface area (Å²) < 4.78 is 16.7. The van der Waals surface area contributed by atoms with E-state index in [9.17, 15) is 4.79 Å². The number of hydrogen-bond acceptors (Lipinski definition) is 5. The van der Waals surface area contributed by atoms with Crippen LogP contribution in [0.3, 0.4) is 0 Å². The van der Waals surface area contributed by atoms with E-state index in [1.165, 1.54) is 0 Å². The summed E-state index contributed by atoms with van der Waals surface area (Å²) in [4.78, 5) is 11.6. The van der Waals surface area contributed by atoms with Crippen LogP contribution in [-0.2, 0) is 14.2 Å². The Hall–Kier alpha value is -0.850. The van der Waals surface area contributed by atoms with Gasteiger partial charge in [0.25, 0.3) is 0 Å². The topological polar surface area (TPSA) is 68.8 Å². The van der Waals surface area contributed by atoms with Gasteiger partial charge in [0, 0.05) is 44.4 Å². The van der Waals surface area contributed by atoms with Gasteiger partial charge in [0.2, 0.25) is 0 Å². The van der Waals surface area contributed by atoms with Crippen LogP contribution < -0.4 is 10.6 Å². The summed E-state index contributed by atoms with van der Waals surface area (Å²) in [6.07, 6.45) is 3.12. The Morgan fingerprint density at radius 3 is 2.57 bits per heavy atom. The van der Waals surface area contributed by atoms with Crippen molar-refractivity contribution in [2.24, 2.45) is 5.41 Å². The first-order valence-corrected chi connectivity index (χ1v) is 8.77. The fraction of sp³-hybridized carbons (Fsp3) is 0.941. The number of hydrogen-bond donors (Lipinski definition) is 2. The van der Waals surface area contributed by atoms with Crippen molar-refractivity contribution in [2.75, 3.05) is 32.9 Å². The molecule has 6 heteroatoms. The van der Waals surface area contributed by atoms with Crippen LogP contribution in [0.15, 0.2) is 0 Å². The largest absolute Gasteiger partial charge is 0.444 e. The molecule has 0 aromatic rings. The van der Waals surface area contributed by atoms with Gasteiger partial charge in [-0.1, -0.05) is 0 Å². The summed E-state index contributed by atoms with van der Waals surface area (Å²) in [5, 5.41) is 6.37. The SMILES string of the molecule is CCOC1CC(NCCNC(=O)OC(C)(C)C)C12CCOCC2. The molecule has 1 aliphatic heterocycles. The standard InChI is InChI=1S/C17H32N2O4/c1-5-22-14-12-13(17(14)6-10-21-11-7-17)18-8-9-19-15(20)23-16(2,3)4/h13-14,18H,5-12H2,1-4H3,(H,19,20). The number of carbonyl (C=O) groups is 1. The quantitative estimate of drug-likeness (QED) is 0.731. The molecule has 0 radical (unpaired) electrons. The van der Waals surface area contributed by atoms with Gasteiger partial charge in [0.1, 0.15) is 5.60 Å². The van der Waals surface area contributed by atoms with Crippen LogP contribution in [0.4, 0.5) is 4.79 Å².